The Bertz CT molecular complexity index is 842. The average molecular weight is 361 g/mol. The fourth-order valence-corrected chi connectivity index (χ4v) is 2.20. The molecule has 0 aromatic heterocycles. The van der Waals surface area contributed by atoms with Gasteiger partial charge in [0.1, 0.15) is 11.5 Å². The molecular weight excluding hydrogens is 351 g/mol. The van der Waals surface area contributed by atoms with Crippen molar-refractivity contribution in [2.45, 2.75) is 4.90 Å². The molecule has 0 spiro atoms. The summed E-state index contributed by atoms with van der Waals surface area (Å²) >= 11 is 0. The molecule has 0 heterocycles. The summed E-state index contributed by atoms with van der Waals surface area (Å²) in [6, 6.07) is 7.89. The van der Waals surface area contributed by atoms with E-state index in [9.17, 15) is 18.0 Å². The number of carboxylic acid groups (broad SMARTS) is 2. The van der Waals surface area contributed by atoms with Crippen molar-refractivity contribution in [1.82, 2.24) is 0 Å². The van der Waals surface area contributed by atoms with E-state index in [4.69, 9.17) is 19.5 Å². The molecule has 0 bridgehead atoms. The summed E-state index contributed by atoms with van der Waals surface area (Å²) in [5.74, 6) is -2.54. The van der Waals surface area contributed by atoms with Crippen LogP contribution in [0.15, 0.2) is 47.4 Å². The van der Waals surface area contributed by atoms with Gasteiger partial charge in [-0.2, -0.15) is 8.42 Å². The maximum absolute atomic E-state index is 11.0. The van der Waals surface area contributed by atoms with Crippen LogP contribution in [0.2, 0.25) is 0 Å². The van der Waals surface area contributed by atoms with Gasteiger partial charge in [0.2, 0.25) is 0 Å². The first kappa shape index (κ1) is 20.1. The molecule has 0 amide bonds. The van der Waals surface area contributed by atoms with E-state index in [-0.39, 0.29) is 57.1 Å². The van der Waals surface area contributed by atoms with Crippen molar-refractivity contribution in [2.75, 3.05) is 0 Å². The van der Waals surface area contributed by atoms with Crippen molar-refractivity contribution in [3.8, 4) is 11.5 Å². The molecule has 0 saturated heterocycles. The van der Waals surface area contributed by atoms with Gasteiger partial charge in [-0.15, -0.1) is 0 Å². The first-order chi connectivity index (χ1) is 10.7. The monoisotopic (exact) mass is 361 g/mol. The van der Waals surface area contributed by atoms with Crippen LogP contribution in [0.1, 0.15) is 20.7 Å². The molecule has 10 heteroatoms. The van der Waals surface area contributed by atoms with Crippen molar-refractivity contribution in [1.29, 1.82) is 0 Å². The van der Waals surface area contributed by atoms with Crippen LogP contribution in [0.4, 0.5) is 0 Å². The van der Waals surface area contributed by atoms with Gasteiger partial charge in [-0.1, -0.05) is 0 Å². The normalized spacial score (nSPS) is 10.5. The van der Waals surface area contributed by atoms with Crippen LogP contribution in [0.25, 0.3) is 0 Å². The molecule has 1 radical (unpaired) electrons. The zero-order valence-corrected chi connectivity index (χ0v) is 15.1. The van der Waals surface area contributed by atoms with E-state index in [1.165, 1.54) is 12.1 Å². The first-order valence-electron chi connectivity index (χ1n) is 6.04. The number of aromatic carboxylic acids is 2. The van der Waals surface area contributed by atoms with Crippen molar-refractivity contribution >= 4 is 51.6 Å². The summed E-state index contributed by atoms with van der Waals surface area (Å²) < 4.78 is 36.0. The van der Waals surface area contributed by atoms with Crippen molar-refractivity contribution < 1.29 is 37.5 Å². The second-order valence-electron chi connectivity index (χ2n) is 4.40. The quantitative estimate of drug-likeness (QED) is 0.541. The summed E-state index contributed by atoms with van der Waals surface area (Å²) in [4.78, 5) is 21.6. The molecule has 2 aromatic rings. The van der Waals surface area contributed by atoms with Gasteiger partial charge in [0, 0.05) is 29.6 Å². The van der Waals surface area contributed by atoms with E-state index in [0.717, 1.165) is 30.3 Å². The average Bonchev–Trinajstić information content (AvgIpc) is 2.46. The third-order valence-electron chi connectivity index (χ3n) is 2.76. The number of hydrogen-bond donors (Lipinski definition) is 3. The van der Waals surface area contributed by atoms with E-state index in [2.05, 4.69) is 0 Å². The molecule has 2 rings (SSSR count). The molecule has 0 aliphatic rings. The maximum atomic E-state index is 11.0. The van der Waals surface area contributed by atoms with E-state index >= 15 is 0 Å². The Morgan fingerprint density at radius 3 is 1.67 bits per heavy atom. The first-order valence-corrected chi connectivity index (χ1v) is 7.48. The Labute approximate surface area is 158 Å². The fraction of sp³-hybridized carbons (Fsp3) is 0. The molecule has 0 fully saturated rings. The summed E-state index contributed by atoms with van der Waals surface area (Å²) in [5.41, 5.74) is -0.538. The second-order valence-corrected chi connectivity index (χ2v) is 5.83. The summed E-state index contributed by atoms with van der Waals surface area (Å²) in [6.07, 6.45) is 0. The molecule has 24 heavy (non-hydrogen) atoms. The van der Waals surface area contributed by atoms with Crippen LogP contribution < -0.4 is 4.74 Å². The van der Waals surface area contributed by atoms with E-state index in [1.807, 2.05) is 0 Å². The van der Waals surface area contributed by atoms with Gasteiger partial charge in [-0.25, -0.2) is 9.59 Å². The largest absolute Gasteiger partial charge is 0.478 e. The molecule has 0 aliphatic carbocycles. The van der Waals surface area contributed by atoms with Crippen LogP contribution in [0.5, 0.6) is 11.5 Å². The molecule has 0 saturated carbocycles. The number of rotatable bonds is 5. The number of carbonyl (C=O) groups is 2. The minimum Gasteiger partial charge on any atom is -0.478 e. The third kappa shape index (κ3) is 5.05. The molecule has 3 N–H and O–H groups in total. The number of ether oxygens (including phenoxy) is 1. The molecule has 0 aliphatic heterocycles. The number of hydrogen-bond acceptors (Lipinski definition) is 5. The van der Waals surface area contributed by atoms with E-state index in [1.54, 1.807) is 0 Å². The van der Waals surface area contributed by atoms with Gasteiger partial charge in [0.15, 0.2) is 0 Å². The SMILES string of the molecule is O=C(O)c1cc(Oc2ccc(S(=O)(=O)O)cc2)cc(C(=O)O)c1.[Na]. The smallest absolute Gasteiger partial charge is 0.335 e. The van der Waals surface area contributed by atoms with Crippen molar-refractivity contribution in [3.63, 3.8) is 0 Å². The van der Waals surface area contributed by atoms with Gasteiger partial charge >= 0.3 is 11.9 Å². The Morgan fingerprint density at radius 2 is 1.29 bits per heavy atom. The minimum absolute atomic E-state index is 0. The summed E-state index contributed by atoms with van der Waals surface area (Å²) in [5, 5.41) is 17.9. The van der Waals surface area contributed by atoms with Gasteiger partial charge in [0.25, 0.3) is 10.1 Å². The molecule has 121 valence electrons. The third-order valence-corrected chi connectivity index (χ3v) is 3.63. The second kappa shape index (κ2) is 7.77. The van der Waals surface area contributed by atoms with E-state index in [0.29, 0.717) is 0 Å². The van der Waals surface area contributed by atoms with Crippen molar-refractivity contribution in [3.05, 3.63) is 53.6 Å². The predicted molar refractivity (Wildman–Crippen MR) is 82.4 cm³/mol. The number of benzene rings is 2. The zero-order chi connectivity index (χ0) is 17.2. The molecule has 8 nitrogen and oxygen atoms in total. The Morgan fingerprint density at radius 1 is 0.833 bits per heavy atom. The van der Waals surface area contributed by atoms with Crippen LogP contribution in [-0.2, 0) is 10.1 Å². The van der Waals surface area contributed by atoms with Gasteiger partial charge in [-0.05, 0) is 42.5 Å². The van der Waals surface area contributed by atoms with E-state index < -0.39 is 22.1 Å². The van der Waals surface area contributed by atoms with Gasteiger partial charge in [0.05, 0.1) is 16.0 Å². The zero-order valence-electron chi connectivity index (χ0n) is 12.3. The Hall–Kier alpha value is -1.91. The van der Waals surface area contributed by atoms with Gasteiger partial charge in [-0.3, -0.25) is 4.55 Å². The van der Waals surface area contributed by atoms with Crippen LogP contribution >= 0.6 is 0 Å². The van der Waals surface area contributed by atoms with Crippen LogP contribution in [-0.4, -0.2) is 64.7 Å². The molecule has 0 unspecified atom stereocenters. The summed E-state index contributed by atoms with van der Waals surface area (Å²) in [6.45, 7) is 0. The fourth-order valence-electron chi connectivity index (χ4n) is 1.72. The number of carboxylic acids is 2. The minimum atomic E-state index is -4.34. The van der Waals surface area contributed by atoms with Crippen LogP contribution in [0.3, 0.4) is 0 Å². The molecule has 2 aromatic carbocycles. The van der Waals surface area contributed by atoms with Gasteiger partial charge < -0.3 is 14.9 Å². The Balaban J connectivity index is 0.00000288. The standard InChI is InChI=1S/C14H10O8S.Na/c15-13(16)8-5-9(14(17)18)7-11(6-8)22-10-1-3-12(4-2-10)23(19,20)21;/h1-7H,(H,15,16)(H,17,18)(H,19,20,21);. The van der Waals surface area contributed by atoms with Crippen molar-refractivity contribution in [2.24, 2.45) is 0 Å². The topological polar surface area (TPSA) is 138 Å². The van der Waals surface area contributed by atoms with Crippen LogP contribution in [0, 0.1) is 0 Å². The molecule has 0 atom stereocenters. The maximum Gasteiger partial charge on any atom is 0.335 e. The Kier molecular flexibility index (Phi) is 6.52. The molecular formula is C14H10NaO8S. The summed E-state index contributed by atoms with van der Waals surface area (Å²) in [7, 11) is -4.34. The predicted octanol–water partition coefficient (Wildman–Crippen LogP) is 1.74.